The molecule has 4 rings (SSSR count). The number of carbonyl (C=O) groups is 1. The Morgan fingerprint density at radius 1 is 0.971 bits per heavy atom. The molecule has 0 atom stereocenters. The maximum Gasteiger partial charge on any atom is 0.271 e. The number of hydrogen-bond donors (Lipinski definition) is 1. The summed E-state index contributed by atoms with van der Waals surface area (Å²) in [7, 11) is 1.59. The van der Waals surface area contributed by atoms with Crippen LogP contribution in [-0.2, 0) is 6.61 Å². The number of ether oxygens (including phenoxy) is 2. The molecular weight excluding hydrogens is 506 g/mol. The molecule has 0 radical (unpaired) electrons. The molecular formula is C28H26BrN3O3. The van der Waals surface area contributed by atoms with Crippen LogP contribution in [0.2, 0.25) is 0 Å². The van der Waals surface area contributed by atoms with Gasteiger partial charge in [0, 0.05) is 32.7 Å². The van der Waals surface area contributed by atoms with E-state index in [0.29, 0.717) is 23.7 Å². The summed E-state index contributed by atoms with van der Waals surface area (Å²) in [6, 6.07) is 25.1. The summed E-state index contributed by atoms with van der Waals surface area (Å²) in [5.41, 5.74) is 8.19. The molecule has 7 heteroatoms. The van der Waals surface area contributed by atoms with Crippen molar-refractivity contribution in [2.75, 3.05) is 7.11 Å². The molecule has 0 saturated heterocycles. The van der Waals surface area contributed by atoms with Gasteiger partial charge in [-0.2, -0.15) is 5.10 Å². The largest absolute Gasteiger partial charge is 0.493 e. The van der Waals surface area contributed by atoms with E-state index in [-0.39, 0.29) is 5.91 Å². The van der Waals surface area contributed by atoms with Crippen molar-refractivity contribution in [2.24, 2.45) is 5.10 Å². The molecule has 0 unspecified atom stereocenters. The molecule has 178 valence electrons. The number of aromatic nitrogens is 1. The molecule has 1 heterocycles. The van der Waals surface area contributed by atoms with Crippen molar-refractivity contribution in [1.82, 2.24) is 9.99 Å². The van der Waals surface area contributed by atoms with E-state index < -0.39 is 0 Å². The second kappa shape index (κ2) is 11.1. The zero-order valence-corrected chi connectivity index (χ0v) is 21.4. The highest BCUT2D eigenvalue weighted by atomic mass is 79.9. The Balaban J connectivity index is 1.41. The standard InChI is InChI=1S/C28H26BrN3O3/c1-19-9-10-20(2)32(19)24-13-11-22(12-14-24)28(33)31-30-17-23-15-26(34-3)27(16-25(23)29)35-18-21-7-5-4-6-8-21/h4-17H,18H2,1-3H3,(H,31,33). The number of methoxy groups -OCH3 is 1. The summed E-state index contributed by atoms with van der Waals surface area (Å²) in [5.74, 6) is 0.889. The summed E-state index contributed by atoms with van der Waals surface area (Å²) >= 11 is 3.55. The molecule has 0 aliphatic heterocycles. The van der Waals surface area contributed by atoms with Crippen molar-refractivity contribution >= 4 is 28.1 Å². The first-order valence-electron chi connectivity index (χ1n) is 11.1. The average molecular weight is 532 g/mol. The van der Waals surface area contributed by atoms with Gasteiger partial charge < -0.3 is 14.0 Å². The molecule has 6 nitrogen and oxygen atoms in total. The van der Waals surface area contributed by atoms with E-state index in [1.165, 1.54) is 0 Å². The highest BCUT2D eigenvalue weighted by Gasteiger charge is 2.11. The molecule has 1 aromatic heterocycles. The molecule has 1 N–H and O–H groups in total. The lowest BCUT2D eigenvalue weighted by molar-refractivity contribution is 0.0955. The number of hydrazone groups is 1. The predicted octanol–water partition coefficient (Wildman–Crippen LogP) is 6.21. The maximum absolute atomic E-state index is 12.6. The smallest absolute Gasteiger partial charge is 0.271 e. The number of hydrogen-bond acceptors (Lipinski definition) is 4. The third-order valence-corrected chi connectivity index (χ3v) is 6.24. The molecule has 0 bridgehead atoms. The summed E-state index contributed by atoms with van der Waals surface area (Å²) in [5, 5.41) is 4.12. The topological polar surface area (TPSA) is 64.8 Å². The van der Waals surface area contributed by atoms with E-state index in [1.807, 2.05) is 48.5 Å². The highest BCUT2D eigenvalue weighted by molar-refractivity contribution is 9.10. The van der Waals surface area contributed by atoms with E-state index in [1.54, 1.807) is 31.5 Å². The van der Waals surface area contributed by atoms with Crippen LogP contribution in [0.15, 0.2) is 88.4 Å². The van der Waals surface area contributed by atoms with E-state index in [9.17, 15) is 4.79 Å². The Morgan fingerprint density at radius 2 is 1.66 bits per heavy atom. The third kappa shape index (κ3) is 5.81. The van der Waals surface area contributed by atoms with E-state index in [2.05, 4.69) is 57.0 Å². The van der Waals surface area contributed by atoms with Crippen LogP contribution < -0.4 is 14.9 Å². The summed E-state index contributed by atoms with van der Waals surface area (Å²) in [6.07, 6.45) is 1.56. The van der Waals surface area contributed by atoms with Crippen LogP contribution in [0.1, 0.15) is 32.9 Å². The number of carbonyl (C=O) groups excluding carboxylic acids is 1. The van der Waals surface area contributed by atoms with E-state index in [4.69, 9.17) is 9.47 Å². The number of amides is 1. The van der Waals surface area contributed by atoms with Crippen LogP contribution in [0.4, 0.5) is 0 Å². The van der Waals surface area contributed by atoms with E-state index >= 15 is 0 Å². The summed E-state index contributed by atoms with van der Waals surface area (Å²) in [6.45, 7) is 4.53. The first kappa shape index (κ1) is 24.3. The second-order valence-electron chi connectivity index (χ2n) is 8.00. The Bertz CT molecular complexity index is 1330. The normalized spacial score (nSPS) is 11.0. The zero-order valence-electron chi connectivity index (χ0n) is 19.8. The van der Waals surface area contributed by atoms with Gasteiger partial charge in [-0.3, -0.25) is 4.79 Å². The Kier molecular flexibility index (Phi) is 7.67. The van der Waals surface area contributed by atoms with Gasteiger partial charge in [-0.25, -0.2) is 5.43 Å². The van der Waals surface area contributed by atoms with Crippen molar-refractivity contribution in [3.05, 3.63) is 111 Å². The van der Waals surface area contributed by atoms with Gasteiger partial charge in [0.2, 0.25) is 0 Å². The van der Waals surface area contributed by atoms with E-state index in [0.717, 1.165) is 32.7 Å². The summed E-state index contributed by atoms with van der Waals surface area (Å²) in [4.78, 5) is 12.6. The van der Waals surface area contributed by atoms with Crippen LogP contribution >= 0.6 is 15.9 Å². The summed E-state index contributed by atoms with van der Waals surface area (Å²) < 4.78 is 14.3. The fourth-order valence-corrected chi connectivity index (χ4v) is 4.14. The molecule has 4 aromatic rings. The fourth-order valence-electron chi connectivity index (χ4n) is 3.72. The van der Waals surface area contributed by atoms with Crippen LogP contribution in [-0.4, -0.2) is 23.8 Å². The van der Waals surface area contributed by atoms with Crippen LogP contribution in [0.3, 0.4) is 0 Å². The zero-order chi connectivity index (χ0) is 24.8. The molecule has 0 spiro atoms. The van der Waals surface area contributed by atoms with Crippen molar-refractivity contribution in [3.63, 3.8) is 0 Å². The quantitative estimate of drug-likeness (QED) is 0.217. The average Bonchev–Trinajstić information content (AvgIpc) is 3.22. The lowest BCUT2D eigenvalue weighted by Gasteiger charge is -2.13. The monoisotopic (exact) mass is 531 g/mol. The van der Waals surface area contributed by atoms with Crippen molar-refractivity contribution in [3.8, 4) is 17.2 Å². The molecule has 0 aliphatic carbocycles. The van der Waals surface area contributed by atoms with Gasteiger partial charge in [-0.1, -0.05) is 30.3 Å². The number of halogens is 1. The van der Waals surface area contributed by atoms with Crippen molar-refractivity contribution < 1.29 is 14.3 Å². The SMILES string of the molecule is COc1cc(C=NNC(=O)c2ccc(-n3c(C)ccc3C)cc2)c(Br)cc1OCc1ccccc1. The number of nitrogens with zero attached hydrogens (tertiary/aromatic N) is 2. The fraction of sp³-hybridized carbons (Fsp3) is 0.143. The van der Waals surface area contributed by atoms with Gasteiger partial charge in [0.05, 0.1) is 13.3 Å². The number of rotatable bonds is 8. The van der Waals surface area contributed by atoms with Crippen LogP contribution in [0.5, 0.6) is 11.5 Å². The lowest BCUT2D eigenvalue weighted by Crippen LogP contribution is -2.17. The number of nitrogens with one attached hydrogen (secondary N) is 1. The molecule has 3 aromatic carbocycles. The van der Waals surface area contributed by atoms with Gasteiger partial charge in [0.1, 0.15) is 6.61 Å². The Morgan fingerprint density at radius 3 is 2.31 bits per heavy atom. The van der Waals surface area contributed by atoms with Gasteiger partial charge in [-0.15, -0.1) is 0 Å². The molecule has 35 heavy (non-hydrogen) atoms. The first-order chi connectivity index (χ1) is 17.0. The van der Waals surface area contributed by atoms with Crippen LogP contribution in [0.25, 0.3) is 5.69 Å². The van der Waals surface area contributed by atoms with Gasteiger partial charge in [0.25, 0.3) is 5.91 Å². The van der Waals surface area contributed by atoms with Gasteiger partial charge in [0.15, 0.2) is 11.5 Å². The molecule has 1 amide bonds. The van der Waals surface area contributed by atoms with Gasteiger partial charge >= 0.3 is 0 Å². The minimum atomic E-state index is -0.292. The predicted molar refractivity (Wildman–Crippen MR) is 142 cm³/mol. The molecule has 0 aliphatic rings. The third-order valence-electron chi connectivity index (χ3n) is 5.55. The maximum atomic E-state index is 12.6. The molecule has 0 saturated carbocycles. The van der Waals surface area contributed by atoms with Crippen molar-refractivity contribution in [1.29, 1.82) is 0 Å². The van der Waals surface area contributed by atoms with Crippen LogP contribution in [0, 0.1) is 13.8 Å². The first-order valence-corrected chi connectivity index (χ1v) is 11.9. The van der Waals surface area contributed by atoms with Gasteiger partial charge in [-0.05, 0) is 83.9 Å². The van der Waals surface area contributed by atoms with Crippen molar-refractivity contribution in [2.45, 2.75) is 20.5 Å². The molecule has 0 fully saturated rings. The minimum absolute atomic E-state index is 0.292. The second-order valence-corrected chi connectivity index (χ2v) is 8.85. The highest BCUT2D eigenvalue weighted by Crippen LogP contribution is 2.33. The lowest BCUT2D eigenvalue weighted by atomic mass is 10.2. The Hall–Kier alpha value is -3.84. The Labute approximate surface area is 213 Å². The minimum Gasteiger partial charge on any atom is -0.493 e. The number of aryl methyl sites for hydroxylation is 2. The number of benzene rings is 3.